The third-order valence-corrected chi connectivity index (χ3v) is 7.29. The van der Waals surface area contributed by atoms with Gasteiger partial charge in [0.1, 0.15) is 0 Å². The number of amides is 1. The third kappa shape index (κ3) is 5.39. The van der Waals surface area contributed by atoms with E-state index in [9.17, 15) is 14.4 Å². The van der Waals surface area contributed by atoms with E-state index in [1.165, 1.54) is 5.56 Å². The van der Waals surface area contributed by atoms with Crippen molar-refractivity contribution in [3.8, 4) is 0 Å². The summed E-state index contributed by atoms with van der Waals surface area (Å²) in [6.45, 7) is 1.44. The third-order valence-electron chi connectivity index (χ3n) is 4.19. The van der Waals surface area contributed by atoms with E-state index in [0.29, 0.717) is 27.8 Å². The standard InChI is InChI=1S/C21H21NO4S2/c1-2-19(24)22-17-9-7-14(8-10-17)18(23)13-26-20(25)15-3-5-16(6-4-15)21-27-11-12-28-21/h3-10,21H,2,11-13H2,1H3,(H,22,24). The van der Waals surface area contributed by atoms with E-state index in [2.05, 4.69) is 5.32 Å². The molecule has 0 aliphatic carbocycles. The van der Waals surface area contributed by atoms with Crippen LogP contribution in [-0.2, 0) is 9.53 Å². The Morgan fingerprint density at radius 3 is 2.18 bits per heavy atom. The Balaban J connectivity index is 1.52. The molecule has 3 rings (SSSR count). The zero-order valence-corrected chi connectivity index (χ0v) is 17.1. The number of hydrogen-bond donors (Lipinski definition) is 1. The lowest BCUT2D eigenvalue weighted by atomic mass is 10.1. The fourth-order valence-electron chi connectivity index (χ4n) is 2.61. The molecule has 1 aliphatic heterocycles. The molecule has 2 aromatic rings. The molecule has 1 aliphatic rings. The average molecular weight is 416 g/mol. The van der Waals surface area contributed by atoms with E-state index in [1.807, 2.05) is 35.7 Å². The lowest BCUT2D eigenvalue weighted by Gasteiger charge is -2.09. The van der Waals surface area contributed by atoms with Gasteiger partial charge in [-0.3, -0.25) is 9.59 Å². The van der Waals surface area contributed by atoms with Crippen molar-refractivity contribution in [1.82, 2.24) is 0 Å². The summed E-state index contributed by atoms with van der Waals surface area (Å²) in [5, 5.41) is 2.72. The lowest BCUT2D eigenvalue weighted by molar-refractivity contribution is -0.115. The molecule has 0 unspecified atom stereocenters. The molecule has 5 nitrogen and oxygen atoms in total. The van der Waals surface area contributed by atoms with Crippen molar-refractivity contribution >= 4 is 46.9 Å². The summed E-state index contributed by atoms with van der Waals surface area (Å²) in [4.78, 5) is 35.8. The Hall–Kier alpha value is -2.25. The smallest absolute Gasteiger partial charge is 0.338 e. The molecule has 2 aromatic carbocycles. The fourth-order valence-corrected chi connectivity index (χ4v) is 5.47. The molecular formula is C21H21NO4S2. The number of ether oxygens (including phenoxy) is 1. The first-order valence-corrected chi connectivity index (χ1v) is 11.1. The molecule has 1 N–H and O–H groups in total. The van der Waals surface area contributed by atoms with Crippen molar-refractivity contribution in [3.63, 3.8) is 0 Å². The molecule has 1 heterocycles. The molecule has 1 amide bonds. The second-order valence-corrected chi connectivity index (χ2v) is 8.90. The first-order valence-electron chi connectivity index (χ1n) is 9.00. The minimum absolute atomic E-state index is 0.0934. The van der Waals surface area contributed by atoms with Gasteiger partial charge in [-0.1, -0.05) is 19.1 Å². The summed E-state index contributed by atoms with van der Waals surface area (Å²) in [5.41, 5.74) is 2.67. The topological polar surface area (TPSA) is 72.5 Å². The predicted molar refractivity (Wildman–Crippen MR) is 114 cm³/mol. The first-order chi connectivity index (χ1) is 13.6. The number of anilines is 1. The van der Waals surface area contributed by atoms with Gasteiger partial charge in [0.15, 0.2) is 12.4 Å². The number of ketones is 1. The molecule has 28 heavy (non-hydrogen) atoms. The maximum atomic E-state index is 12.2. The van der Waals surface area contributed by atoms with Crippen molar-refractivity contribution in [3.05, 3.63) is 65.2 Å². The number of thioether (sulfide) groups is 2. The molecule has 1 saturated heterocycles. The van der Waals surface area contributed by atoms with Gasteiger partial charge >= 0.3 is 5.97 Å². The molecule has 0 bridgehead atoms. The van der Waals surface area contributed by atoms with E-state index < -0.39 is 5.97 Å². The Bertz CT molecular complexity index is 844. The molecule has 146 valence electrons. The van der Waals surface area contributed by atoms with E-state index in [0.717, 1.165) is 11.5 Å². The number of esters is 1. The first kappa shape index (κ1) is 20.5. The predicted octanol–water partition coefficient (Wildman–Crippen LogP) is 4.55. The summed E-state index contributed by atoms with van der Waals surface area (Å²) in [5.74, 6) is 1.39. The Morgan fingerprint density at radius 2 is 1.57 bits per heavy atom. The minimum atomic E-state index is -0.515. The Labute approximate surface area is 172 Å². The number of carbonyl (C=O) groups excluding carboxylic acids is 3. The number of carbonyl (C=O) groups is 3. The summed E-state index contributed by atoms with van der Waals surface area (Å²) >= 11 is 3.81. The highest BCUT2D eigenvalue weighted by Gasteiger charge is 2.19. The van der Waals surface area contributed by atoms with Crippen LogP contribution in [0.15, 0.2) is 48.5 Å². The Morgan fingerprint density at radius 1 is 0.964 bits per heavy atom. The highest BCUT2D eigenvalue weighted by atomic mass is 32.2. The second-order valence-electron chi connectivity index (χ2n) is 6.17. The molecule has 0 radical (unpaired) electrons. The summed E-state index contributed by atoms with van der Waals surface area (Å²) in [6, 6.07) is 13.9. The van der Waals surface area contributed by atoms with Gasteiger partial charge in [0, 0.05) is 29.2 Å². The number of benzene rings is 2. The van der Waals surface area contributed by atoms with E-state index >= 15 is 0 Å². The maximum absolute atomic E-state index is 12.2. The molecule has 1 fully saturated rings. The summed E-state index contributed by atoms with van der Waals surface area (Å²) < 4.78 is 5.58. The van der Waals surface area contributed by atoms with Crippen molar-refractivity contribution in [2.75, 3.05) is 23.4 Å². The zero-order valence-electron chi connectivity index (χ0n) is 15.5. The van der Waals surface area contributed by atoms with Crippen LogP contribution in [0.1, 0.15) is 44.2 Å². The minimum Gasteiger partial charge on any atom is -0.454 e. The normalized spacial score (nSPS) is 13.9. The fraction of sp³-hybridized carbons (Fsp3) is 0.286. The van der Waals surface area contributed by atoms with Crippen LogP contribution >= 0.6 is 23.5 Å². The monoisotopic (exact) mass is 415 g/mol. The van der Waals surface area contributed by atoms with Crippen LogP contribution in [-0.4, -0.2) is 35.8 Å². The van der Waals surface area contributed by atoms with Crippen LogP contribution in [0, 0.1) is 0 Å². The zero-order chi connectivity index (χ0) is 19.9. The van der Waals surface area contributed by atoms with Crippen LogP contribution < -0.4 is 5.32 Å². The molecule has 7 heteroatoms. The number of rotatable bonds is 7. The van der Waals surface area contributed by atoms with Crippen LogP contribution in [0.2, 0.25) is 0 Å². The largest absolute Gasteiger partial charge is 0.454 e. The lowest BCUT2D eigenvalue weighted by Crippen LogP contribution is -2.14. The van der Waals surface area contributed by atoms with Gasteiger partial charge in [0.25, 0.3) is 0 Å². The highest BCUT2D eigenvalue weighted by molar-refractivity contribution is 8.19. The van der Waals surface area contributed by atoms with Crippen molar-refractivity contribution < 1.29 is 19.1 Å². The Kier molecular flexibility index (Phi) is 7.17. The van der Waals surface area contributed by atoms with E-state index in [-0.39, 0.29) is 18.3 Å². The molecule has 0 spiro atoms. The maximum Gasteiger partial charge on any atom is 0.338 e. The van der Waals surface area contributed by atoms with Crippen molar-refractivity contribution in [1.29, 1.82) is 0 Å². The second kappa shape index (κ2) is 9.80. The van der Waals surface area contributed by atoms with Gasteiger partial charge in [-0.25, -0.2) is 4.79 Å². The van der Waals surface area contributed by atoms with Gasteiger partial charge in [-0.2, -0.15) is 0 Å². The molecule has 0 aromatic heterocycles. The van der Waals surface area contributed by atoms with Gasteiger partial charge in [0.2, 0.25) is 5.91 Å². The van der Waals surface area contributed by atoms with Crippen molar-refractivity contribution in [2.24, 2.45) is 0 Å². The van der Waals surface area contributed by atoms with E-state index in [1.54, 1.807) is 43.3 Å². The van der Waals surface area contributed by atoms with Gasteiger partial charge < -0.3 is 10.1 Å². The van der Waals surface area contributed by atoms with Crippen LogP contribution in [0.4, 0.5) is 5.69 Å². The van der Waals surface area contributed by atoms with Crippen LogP contribution in [0.25, 0.3) is 0 Å². The summed E-state index contributed by atoms with van der Waals surface area (Å²) in [6.07, 6.45) is 0.385. The SMILES string of the molecule is CCC(=O)Nc1ccc(C(=O)COC(=O)c2ccc(C3SCCS3)cc2)cc1. The number of Topliss-reactive ketones (excluding diaryl/α,β-unsaturated/α-hetero) is 1. The summed E-state index contributed by atoms with van der Waals surface area (Å²) in [7, 11) is 0. The van der Waals surface area contributed by atoms with Gasteiger partial charge in [-0.05, 0) is 42.0 Å². The van der Waals surface area contributed by atoms with Crippen molar-refractivity contribution in [2.45, 2.75) is 17.9 Å². The van der Waals surface area contributed by atoms with Gasteiger partial charge in [-0.15, -0.1) is 23.5 Å². The van der Waals surface area contributed by atoms with Gasteiger partial charge in [0.05, 0.1) is 10.1 Å². The molecular weight excluding hydrogens is 394 g/mol. The quantitative estimate of drug-likeness (QED) is 0.528. The average Bonchev–Trinajstić information content (AvgIpc) is 3.27. The van der Waals surface area contributed by atoms with Crippen LogP contribution in [0.5, 0.6) is 0 Å². The number of hydrogen-bond acceptors (Lipinski definition) is 6. The van der Waals surface area contributed by atoms with E-state index in [4.69, 9.17) is 4.74 Å². The highest BCUT2D eigenvalue weighted by Crippen LogP contribution is 2.45. The number of nitrogens with one attached hydrogen (secondary N) is 1. The molecule has 0 saturated carbocycles. The van der Waals surface area contributed by atoms with Crippen LogP contribution in [0.3, 0.4) is 0 Å². The molecule has 0 atom stereocenters.